The van der Waals surface area contributed by atoms with E-state index in [0.717, 1.165) is 32.1 Å². The summed E-state index contributed by atoms with van der Waals surface area (Å²) in [7, 11) is 0. The second-order valence-corrected chi connectivity index (χ2v) is 7.47. The summed E-state index contributed by atoms with van der Waals surface area (Å²) in [6, 6.07) is 3.01. The lowest BCUT2D eigenvalue weighted by molar-refractivity contribution is -0.148. The van der Waals surface area contributed by atoms with Crippen molar-refractivity contribution >= 4 is 58.1 Å². The molecule has 0 bridgehead atoms. The van der Waals surface area contributed by atoms with E-state index in [1.807, 2.05) is 0 Å². The van der Waals surface area contributed by atoms with E-state index < -0.39 is 11.0 Å². The first-order valence-corrected chi connectivity index (χ1v) is 9.33. The van der Waals surface area contributed by atoms with Crippen molar-refractivity contribution < 1.29 is 9.53 Å². The Morgan fingerprint density at radius 2 is 1.79 bits per heavy atom. The Morgan fingerprint density at radius 1 is 1.21 bits per heavy atom. The normalized spacial score (nSPS) is 18.5. The molecule has 24 heavy (non-hydrogen) atoms. The zero-order valence-corrected chi connectivity index (χ0v) is 16.2. The van der Waals surface area contributed by atoms with E-state index in [1.165, 1.54) is 12.1 Å². The third-order valence-electron chi connectivity index (χ3n) is 3.99. The Balaban J connectivity index is 2.36. The Kier molecular flexibility index (Phi) is 7.17. The maximum atomic E-state index is 12.4. The molecular weight excluding hydrogens is 394 g/mol. The van der Waals surface area contributed by atoms with Gasteiger partial charge in [-0.25, -0.2) is 4.79 Å². The van der Waals surface area contributed by atoms with Gasteiger partial charge in [-0.05, 0) is 31.9 Å². The molecule has 1 fully saturated rings. The summed E-state index contributed by atoms with van der Waals surface area (Å²) in [6.07, 6.45) is 4.71. The van der Waals surface area contributed by atoms with Gasteiger partial charge in [0.2, 0.25) is 0 Å². The van der Waals surface area contributed by atoms with Crippen molar-refractivity contribution in [2.75, 3.05) is 6.61 Å². The number of hydrogen-bond donors (Lipinski definition) is 0. The largest absolute Gasteiger partial charge is 0.463 e. The average Bonchev–Trinajstić information content (AvgIpc) is 2.54. The van der Waals surface area contributed by atoms with E-state index in [0.29, 0.717) is 5.02 Å². The summed E-state index contributed by atoms with van der Waals surface area (Å²) in [5.41, 5.74) is 0.230. The summed E-state index contributed by atoms with van der Waals surface area (Å²) < 4.78 is 5.12. The smallest absolute Gasteiger partial charge is 0.351 e. The molecule has 8 heteroatoms. The predicted octanol–water partition coefficient (Wildman–Crippen LogP) is 6.81. The molecule has 132 valence electrons. The number of hydrogen-bond acceptors (Lipinski definition) is 4. The molecule has 1 aromatic carbocycles. The number of ether oxygens (including phenoxy) is 1. The van der Waals surface area contributed by atoms with Crippen LogP contribution >= 0.6 is 46.4 Å². The Hall–Kier alpha value is -0.550. The molecule has 0 radical (unpaired) electrons. The van der Waals surface area contributed by atoms with Crippen LogP contribution in [-0.2, 0) is 9.53 Å². The molecule has 1 aromatic rings. The Bertz CT molecular complexity index is 609. The van der Waals surface area contributed by atoms with E-state index in [1.54, 1.807) is 6.92 Å². The Labute approximate surface area is 161 Å². The molecule has 0 saturated heterocycles. The third-order valence-corrected chi connectivity index (χ3v) is 5.32. The molecule has 4 nitrogen and oxygen atoms in total. The van der Waals surface area contributed by atoms with Gasteiger partial charge >= 0.3 is 5.97 Å². The molecule has 0 spiro atoms. The first-order valence-electron chi connectivity index (χ1n) is 7.82. The number of halogens is 4. The SMILES string of the molecule is CCOC(=O)C(Cl)(N=Nc1c(Cl)cc(Cl)cc1Cl)C1CCCCC1. The average molecular weight is 412 g/mol. The molecule has 0 aliphatic heterocycles. The van der Waals surface area contributed by atoms with Gasteiger partial charge in [0.05, 0.1) is 16.7 Å². The zero-order chi connectivity index (χ0) is 17.7. The molecule has 0 N–H and O–H groups in total. The van der Waals surface area contributed by atoms with Crippen LogP contribution in [0.2, 0.25) is 15.1 Å². The second-order valence-electron chi connectivity index (χ2n) is 5.65. The molecule has 1 aliphatic carbocycles. The quantitative estimate of drug-likeness (QED) is 0.231. The van der Waals surface area contributed by atoms with Crippen molar-refractivity contribution in [3.05, 3.63) is 27.2 Å². The Morgan fingerprint density at radius 3 is 2.33 bits per heavy atom. The lowest BCUT2D eigenvalue weighted by atomic mass is 9.83. The van der Waals surface area contributed by atoms with Crippen LogP contribution in [0.3, 0.4) is 0 Å². The van der Waals surface area contributed by atoms with Crippen molar-refractivity contribution in [3.63, 3.8) is 0 Å². The molecule has 1 saturated carbocycles. The van der Waals surface area contributed by atoms with Crippen molar-refractivity contribution in [3.8, 4) is 0 Å². The van der Waals surface area contributed by atoms with E-state index in [-0.39, 0.29) is 28.3 Å². The van der Waals surface area contributed by atoms with Gasteiger partial charge in [0.15, 0.2) is 0 Å². The predicted molar refractivity (Wildman–Crippen MR) is 97.8 cm³/mol. The lowest BCUT2D eigenvalue weighted by Crippen LogP contribution is -2.41. The lowest BCUT2D eigenvalue weighted by Gasteiger charge is -2.31. The monoisotopic (exact) mass is 410 g/mol. The van der Waals surface area contributed by atoms with Gasteiger partial charge in [0, 0.05) is 10.9 Å². The highest BCUT2D eigenvalue weighted by Crippen LogP contribution is 2.42. The number of azo groups is 1. The van der Waals surface area contributed by atoms with Crippen LogP contribution in [0, 0.1) is 5.92 Å². The number of nitrogens with zero attached hydrogens (tertiary/aromatic N) is 2. The van der Waals surface area contributed by atoms with Crippen LogP contribution in [0.4, 0.5) is 5.69 Å². The zero-order valence-electron chi connectivity index (χ0n) is 13.2. The molecule has 0 heterocycles. The van der Waals surface area contributed by atoms with Gasteiger partial charge < -0.3 is 4.74 Å². The van der Waals surface area contributed by atoms with Gasteiger partial charge in [-0.3, -0.25) is 0 Å². The number of carbonyl (C=O) groups excluding carboxylic acids is 1. The maximum Gasteiger partial charge on any atom is 0.351 e. The van der Waals surface area contributed by atoms with Crippen LogP contribution in [-0.4, -0.2) is 17.6 Å². The number of carbonyl (C=O) groups is 1. The van der Waals surface area contributed by atoms with Gasteiger partial charge in [0.1, 0.15) is 5.69 Å². The van der Waals surface area contributed by atoms with Crippen molar-refractivity contribution in [1.82, 2.24) is 0 Å². The fourth-order valence-electron chi connectivity index (χ4n) is 2.76. The van der Waals surface area contributed by atoms with Gasteiger partial charge in [-0.15, -0.1) is 0 Å². The summed E-state index contributed by atoms with van der Waals surface area (Å²) in [5, 5.41) is 9.06. The van der Waals surface area contributed by atoms with E-state index in [9.17, 15) is 4.79 Å². The molecule has 1 aliphatic rings. The minimum Gasteiger partial charge on any atom is -0.463 e. The van der Waals surface area contributed by atoms with Crippen LogP contribution in [0.1, 0.15) is 39.0 Å². The summed E-state index contributed by atoms with van der Waals surface area (Å²) in [4.78, 5) is 10.8. The van der Waals surface area contributed by atoms with E-state index in [4.69, 9.17) is 51.1 Å². The first kappa shape index (κ1) is 19.8. The van der Waals surface area contributed by atoms with Crippen LogP contribution < -0.4 is 0 Å². The minimum atomic E-state index is -1.57. The highest BCUT2D eigenvalue weighted by Gasteiger charge is 2.46. The van der Waals surface area contributed by atoms with Crippen LogP contribution in [0.15, 0.2) is 22.4 Å². The van der Waals surface area contributed by atoms with Gasteiger partial charge in [-0.1, -0.05) is 65.7 Å². The van der Waals surface area contributed by atoms with Crippen LogP contribution in [0.25, 0.3) is 0 Å². The number of esters is 1. The minimum absolute atomic E-state index is 0.138. The molecule has 1 atom stereocenters. The number of rotatable bonds is 5. The number of benzene rings is 1. The highest BCUT2D eigenvalue weighted by atomic mass is 35.5. The molecule has 0 aromatic heterocycles. The van der Waals surface area contributed by atoms with Gasteiger partial charge in [-0.2, -0.15) is 10.2 Å². The standard InChI is InChI=1S/C16H18Cl4N2O2/c1-2-24-15(23)16(20,10-6-4-3-5-7-10)22-21-14-12(18)8-11(17)9-13(14)19/h8-10H,2-7H2,1H3. The molecule has 0 amide bonds. The van der Waals surface area contributed by atoms with Crippen molar-refractivity contribution in [2.45, 2.75) is 44.0 Å². The topological polar surface area (TPSA) is 51.0 Å². The summed E-state index contributed by atoms with van der Waals surface area (Å²) >= 11 is 24.7. The molecule has 1 unspecified atom stereocenters. The third kappa shape index (κ3) is 4.54. The maximum absolute atomic E-state index is 12.4. The van der Waals surface area contributed by atoms with E-state index >= 15 is 0 Å². The van der Waals surface area contributed by atoms with Gasteiger partial charge in [0.25, 0.3) is 5.00 Å². The van der Waals surface area contributed by atoms with E-state index in [2.05, 4.69) is 10.2 Å². The summed E-state index contributed by atoms with van der Waals surface area (Å²) in [5.74, 6) is -0.732. The second kappa shape index (κ2) is 8.70. The van der Waals surface area contributed by atoms with Crippen molar-refractivity contribution in [1.29, 1.82) is 0 Å². The van der Waals surface area contributed by atoms with Crippen molar-refractivity contribution in [2.24, 2.45) is 16.1 Å². The molecular formula is C16H18Cl4N2O2. The van der Waals surface area contributed by atoms with Crippen LogP contribution in [0.5, 0.6) is 0 Å². The fraction of sp³-hybridized carbons (Fsp3) is 0.562. The first-order chi connectivity index (χ1) is 11.4. The fourth-order valence-corrected chi connectivity index (χ4v) is 3.96. The highest BCUT2D eigenvalue weighted by molar-refractivity contribution is 6.41. The number of alkyl halides is 1. The molecule has 2 rings (SSSR count). The summed E-state index contributed by atoms with van der Waals surface area (Å²) in [6.45, 7) is 1.94.